The van der Waals surface area contributed by atoms with Gasteiger partial charge in [-0.25, -0.2) is 9.18 Å². The van der Waals surface area contributed by atoms with Crippen molar-refractivity contribution in [1.29, 1.82) is 0 Å². The van der Waals surface area contributed by atoms with Crippen molar-refractivity contribution in [1.82, 2.24) is 15.5 Å². The first-order valence-corrected chi connectivity index (χ1v) is 9.47. The number of benzene rings is 2. The maximum atomic E-state index is 13.0. The molecule has 0 saturated carbocycles. The van der Waals surface area contributed by atoms with Gasteiger partial charge in [0.25, 0.3) is 0 Å². The quantitative estimate of drug-likeness (QED) is 0.429. The maximum absolute atomic E-state index is 13.0. The molecule has 3 aromatic rings. The van der Waals surface area contributed by atoms with E-state index in [2.05, 4.69) is 20.8 Å². The molecule has 30 heavy (non-hydrogen) atoms. The lowest BCUT2D eigenvalue weighted by molar-refractivity contribution is -0.134. The van der Waals surface area contributed by atoms with Crippen molar-refractivity contribution in [3.63, 3.8) is 0 Å². The Kier molecular flexibility index (Phi) is 7.09. The zero-order valence-electron chi connectivity index (χ0n) is 16.4. The summed E-state index contributed by atoms with van der Waals surface area (Å²) in [5.41, 5.74) is 1.12. The number of aryl methyl sites for hydroxylation is 1. The third-order valence-corrected chi connectivity index (χ3v) is 3.97. The summed E-state index contributed by atoms with van der Waals surface area (Å²) >= 11 is 0. The van der Waals surface area contributed by atoms with Crippen LogP contribution in [0.3, 0.4) is 0 Å². The number of rotatable bonds is 8. The van der Waals surface area contributed by atoms with Gasteiger partial charge in [0.2, 0.25) is 11.7 Å². The van der Waals surface area contributed by atoms with Crippen LogP contribution in [0.25, 0.3) is 11.4 Å². The average molecular weight is 412 g/mol. The van der Waals surface area contributed by atoms with E-state index in [4.69, 9.17) is 9.26 Å². The normalized spacial score (nSPS) is 10.5. The number of amides is 2. The zero-order chi connectivity index (χ0) is 21.3. The molecule has 0 bridgehead atoms. The third kappa shape index (κ3) is 6.13. The van der Waals surface area contributed by atoms with Gasteiger partial charge in [0.05, 0.1) is 6.42 Å². The molecule has 3 rings (SSSR count). The molecule has 0 saturated heterocycles. The maximum Gasteiger partial charge on any atom is 0.319 e. The van der Waals surface area contributed by atoms with E-state index in [1.165, 1.54) is 12.1 Å². The van der Waals surface area contributed by atoms with Gasteiger partial charge >= 0.3 is 12.0 Å². The average Bonchev–Trinajstić information content (AvgIpc) is 3.20. The number of anilines is 1. The number of hydrogen-bond acceptors (Lipinski definition) is 6. The molecule has 0 unspecified atom stereocenters. The second-order valence-corrected chi connectivity index (χ2v) is 6.40. The Hall–Kier alpha value is -3.75. The number of hydrogen-bond donors (Lipinski definition) is 2. The summed E-state index contributed by atoms with van der Waals surface area (Å²) in [6, 6.07) is 11.9. The molecule has 0 spiro atoms. The van der Waals surface area contributed by atoms with E-state index in [0.29, 0.717) is 29.4 Å². The largest absolute Gasteiger partial charge is 0.426 e. The summed E-state index contributed by atoms with van der Waals surface area (Å²) in [5.74, 6) is 0.0637. The van der Waals surface area contributed by atoms with Gasteiger partial charge in [-0.2, -0.15) is 4.98 Å². The number of urea groups is 1. The lowest BCUT2D eigenvalue weighted by Gasteiger charge is -2.08. The first-order valence-electron chi connectivity index (χ1n) is 9.47. The molecule has 2 N–H and O–H groups in total. The fraction of sp³-hybridized carbons (Fsp3) is 0.238. The summed E-state index contributed by atoms with van der Waals surface area (Å²) < 4.78 is 23.4. The van der Waals surface area contributed by atoms with Gasteiger partial charge in [-0.1, -0.05) is 18.1 Å². The van der Waals surface area contributed by atoms with Crippen LogP contribution in [0.2, 0.25) is 0 Å². The van der Waals surface area contributed by atoms with Crippen molar-refractivity contribution in [2.24, 2.45) is 0 Å². The Morgan fingerprint density at radius 3 is 2.73 bits per heavy atom. The highest BCUT2D eigenvalue weighted by Crippen LogP contribution is 2.19. The third-order valence-electron chi connectivity index (χ3n) is 3.97. The lowest BCUT2D eigenvalue weighted by atomic mass is 10.2. The minimum atomic E-state index is -0.482. The molecule has 0 aliphatic heterocycles. The molecular formula is C21H21FN4O4. The Morgan fingerprint density at radius 1 is 1.17 bits per heavy atom. The van der Waals surface area contributed by atoms with Crippen molar-refractivity contribution in [3.8, 4) is 17.1 Å². The molecule has 2 amide bonds. The minimum Gasteiger partial charge on any atom is -0.426 e. The van der Waals surface area contributed by atoms with E-state index in [0.717, 1.165) is 6.42 Å². The van der Waals surface area contributed by atoms with Crippen LogP contribution in [0.15, 0.2) is 53.1 Å². The number of aromatic nitrogens is 2. The molecule has 1 aromatic heterocycles. The molecule has 0 atom stereocenters. The SMILES string of the molecule is CCCNC(=O)Nc1cccc(OC(=O)CCc2nc(-c3ccc(F)cc3)no2)c1. The number of carbonyl (C=O) groups is 2. The van der Waals surface area contributed by atoms with Crippen LogP contribution in [0, 0.1) is 5.82 Å². The van der Waals surface area contributed by atoms with E-state index in [1.54, 1.807) is 36.4 Å². The fourth-order valence-electron chi connectivity index (χ4n) is 2.52. The van der Waals surface area contributed by atoms with E-state index >= 15 is 0 Å². The number of nitrogens with zero attached hydrogens (tertiary/aromatic N) is 2. The van der Waals surface area contributed by atoms with Crippen LogP contribution in [0.4, 0.5) is 14.9 Å². The van der Waals surface area contributed by atoms with Crippen molar-refractivity contribution in [3.05, 3.63) is 60.2 Å². The predicted molar refractivity (Wildman–Crippen MR) is 107 cm³/mol. The molecule has 156 valence electrons. The van der Waals surface area contributed by atoms with Gasteiger partial charge < -0.3 is 19.9 Å². The van der Waals surface area contributed by atoms with Crippen LogP contribution >= 0.6 is 0 Å². The molecule has 0 fully saturated rings. The highest BCUT2D eigenvalue weighted by Gasteiger charge is 2.12. The minimum absolute atomic E-state index is 0.0275. The first-order chi connectivity index (χ1) is 14.5. The predicted octanol–water partition coefficient (Wildman–Crippen LogP) is 3.95. The summed E-state index contributed by atoms with van der Waals surface area (Å²) in [5, 5.41) is 9.20. The van der Waals surface area contributed by atoms with Gasteiger partial charge in [-0.05, 0) is 42.8 Å². The molecule has 0 aliphatic rings. The van der Waals surface area contributed by atoms with E-state index < -0.39 is 5.97 Å². The summed E-state index contributed by atoms with van der Waals surface area (Å²) in [4.78, 5) is 28.0. The zero-order valence-corrected chi connectivity index (χ0v) is 16.4. The summed E-state index contributed by atoms with van der Waals surface area (Å²) in [7, 11) is 0. The van der Waals surface area contributed by atoms with E-state index in [9.17, 15) is 14.0 Å². The van der Waals surface area contributed by atoms with Gasteiger partial charge in [-0.3, -0.25) is 4.79 Å². The summed E-state index contributed by atoms with van der Waals surface area (Å²) in [6.07, 6.45) is 1.06. The number of ether oxygens (including phenoxy) is 1. The van der Waals surface area contributed by atoms with Gasteiger partial charge in [0.1, 0.15) is 11.6 Å². The van der Waals surface area contributed by atoms with Crippen LogP contribution < -0.4 is 15.4 Å². The fourth-order valence-corrected chi connectivity index (χ4v) is 2.52. The van der Waals surface area contributed by atoms with E-state index in [-0.39, 0.29) is 30.6 Å². The number of nitrogens with one attached hydrogen (secondary N) is 2. The topological polar surface area (TPSA) is 106 Å². The Labute approximate surface area is 172 Å². The smallest absolute Gasteiger partial charge is 0.319 e. The molecule has 1 heterocycles. The van der Waals surface area contributed by atoms with Crippen LogP contribution in [0.5, 0.6) is 5.75 Å². The van der Waals surface area contributed by atoms with Crippen molar-refractivity contribution >= 4 is 17.7 Å². The second-order valence-electron chi connectivity index (χ2n) is 6.40. The van der Waals surface area contributed by atoms with Crippen LogP contribution in [0.1, 0.15) is 25.7 Å². The molecule has 9 heteroatoms. The van der Waals surface area contributed by atoms with Crippen LogP contribution in [-0.2, 0) is 11.2 Å². The van der Waals surface area contributed by atoms with Gasteiger partial charge in [0.15, 0.2) is 0 Å². The van der Waals surface area contributed by atoms with Crippen molar-refractivity contribution < 1.29 is 23.2 Å². The monoisotopic (exact) mass is 412 g/mol. The molecule has 8 nitrogen and oxygen atoms in total. The molecular weight excluding hydrogens is 391 g/mol. The Bertz CT molecular complexity index is 1000. The lowest BCUT2D eigenvalue weighted by Crippen LogP contribution is -2.29. The van der Waals surface area contributed by atoms with Gasteiger partial charge in [0, 0.05) is 30.3 Å². The van der Waals surface area contributed by atoms with Crippen LogP contribution in [-0.4, -0.2) is 28.7 Å². The standard InChI is InChI=1S/C21H21FN4O4/c1-2-12-23-21(28)24-16-4-3-5-17(13-16)29-19(27)11-10-18-25-20(26-30-18)14-6-8-15(22)9-7-14/h3-9,13H,2,10-12H2,1H3,(H2,23,24,28). The van der Waals surface area contributed by atoms with Gasteiger partial charge in [-0.15, -0.1) is 0 Å². The highest BCUT2D eigenvalue weighted by atomic mass is 19.1. The number of carbonyl (C=O) groups excluding carboxylic acids is 2. The Balaban J connectivity index is 1.51. The Morgan fingerprint density at radius 2 is 1.97 bits per heavy atom. The molecule has 0 aliphatic carbocycles. The molecule has 0 radical (unpaired) electrons. The number of halogens is 1. The highest BCUT2D eigenvalue weighted by molar-refractivity contribution is 5.89. The second kappa shape index (κ2) is 10.1. The van der Waals surface area contributed by atoms with Crippen molar-refractivity contribution in [2.75, 3.05) is 11.9 Å². The number of esters is 1. The first kappa shape index (κ1) is 21.0. The summed E-state index contributed by atoms with van der Waals surface area (Å²) in [6.45, 7) is 2.53. The molecule has 2 aromatic carbocycles. The van der Waals surface area contributed by atoms with Crippen molar-refractivity contribution in [2.45, 2.75) is 26.2 Å². The van der Waals surface area contributed by atoms with E-state index in [1.807, 2.05) is 6.92 Å².